The number of rotatable bonds is 4. The molecule has 0 unspecified atom stereocenters. The van der Waals surface area contributed by atoms with Crippen molar-refractivity contribution in [3.8, 4) is 0 Å². The number of amides is 1. The van der Waals surface area contributed by atoms with Crippen LogP contribution in [-0.4, -0.2) is 38.5 Å². The second kappa shape index (κ2) is 6.99. The van der Waals surface area contributed by atoms with Gasteiger partial charge in [0.2, 0.25) is 10.9 Å². The fraction of sp³-hybridized carbons (Fsp3) is 0.368. The standard InChI is InChI=1S/C19H20N4O2S/c1-13-4-6-14(7-5-13)10-16-18(25)20-19-23(21-16)15(12-26-19)11-17(24)22-8-2-3-9-22/h4-7,12H,2-3,8-11H2,1H3. The number of thiazole rings is 1. The molecule has 3 heterocycles. The predicted octanol–water partition coefficient (Wildman–Crippen LogP) is 2.22. The van der Waals surface area contributed by atoms with Crippen LogP contribution in [0.3, 0.4) is 0 Å². The Morgan fingerprint density at radius 2 is 1.92 bits per heavy atom. The fourth-order valence-corrected chi connectivity index (χ4v) is 4.02. The minimum atomic E-state index is -0.301. The van der Waals surface area contributed by atoms with Gasteiger partial charge in [-0.25, -0.2) is 4.52 Å². The zero-order valence-electron chi connectivity index (χ0n) is 14.6. The van der Waals surface area contributed by atoms with Gasteiger partial charge in [0.25, 0.3) is 5.56 Å². The quantitative estimate of drug-likeness (QED) is 0.708. The van der Waals surface area contributed by atoms with Crippen LogP contribution in [0, 0.1) is 6.92 Å². The molecule has 1 amide bonds. The van der Waals surface area contributed by atoms with Crippen molar-refractivity contribution >= 4 is 22.2 Å². The van der Waals surface area contributed by atoms with Gasteiger partial charge in [-0.05, 0) is 25.3 Å². The van der Waals surface area contributed by atoms with Crippen molar-refractivity contribution in [1.82, 2.24) is 19.5 Å². The van der Waals surface area contributed by atoms with Gasteiger partial charge in [-0.3, -0.25) is 9.59 Å². The van der Waals surface area contributed by atoms with Crippen LogP contribution in [0.2, 0.25) is 0 Å². The highest BCUT2D eigenvalue weighted by Gasteiger charge is 2.20. The first-order chi connectivity index (χ1) is 12.6. The Morgan fingerprint density at radius 3 is 2.65 bits per heavy atom. The lowest BCUT2D eigenvalue weighted by Gasteiger charge is -2.14. The van der Waals surface area contributed by atoms with Crippen molar-refractivity contribution in [2.45, 2.75) is 32.6 Å². The Bertz CT molecular complexity index is 1000. The normalized spacial score (nSPS) is 14.3. The Hall–Kier alpha value is -2.54. The Morgan fingerprint density at radius 1 is 1.19 bits per heavy atom. The molecule has 6 nitrogen and oxygen atoms in total. The molecule has 0 radical (unpaired) electrons. The first-order valence-corrected chi connectivity index (χ1v) is 9.68. The SMILES string of the molecule is Cc1ccc(Cc2nn3c(CC(=O)N4CCCC4)csc3nc2=O)cc1. The molecule has 0 N–H and O–H groups in total. The van der Waals surface area contributed by atoms with Gasteiger partial charge in [0, 0.05) is 24.9 Å². The first-order valence-electron chi connectivity index (χ1n) is 8.80. The number of benzene rings is 1. The molecule has 2 aromatic heterocycles. The van der Waals surface area contributed by atoms with Crippen LogP contribution in [0.1, 0.15) is 35.4 Å². The van der Waals surface area contributed by atoms with Crippen LogP contribution >= 0.6 is 11.3 Å². The van der Waals surface area contributed by atoms with Gasteiger partial charge in [0.15, 0.2) is 0 Å². The summed E-state index contributed by atoms with van der Waals surface area (Å²) >= 11 is 1.35. The minimum Gasteiger partial charge on any atom is -0.342 e. The molecule has 0 spiro atoms. The molecule has 1 saturated heterocycles. The molecular formula is C19H20N4O2S. The molecule has 0 saturated carbocycles. The van der Waals surface area contributed by atoms with Crippen LogP contribution in [-0.2, 0) is 17.6 Å². The highest BCUT2D eigenvalue weighted by atomic mass is 32.1. The van der Waals surface area contributed by atoms with Gasteiger partial charge < -0.3 is 4.90 Å². The molecule has 26 heavy (non-hydrogen) atoms. The molecule has 3 aromatic rings. The number of aromatic nitrogens is 3. The molecule has 0 atom stereocenters. The van der Waals surface area contributed by atoms with Gasteiger partial charge in [0.05, 0.1) is 12.1 Å². The number of likely N-dealkylation sites (tertiary alicyclic amines) is 1. The Labute approximate surface area is 155 Å². The lowest BCUT2D eigenvalue weighted by atomic mass is 10.1. The molecule has 0 bridgehead atoms. The summed E-state index contributed by atoms with van der Waals surface area (Å²) in [6.45, 7) is 3.70. The maximum Gasteiger partial charge on any atom is 0.296 e. The second-order valence-corrected chi connectivity index (χ2v) is 7.55. The third-order valence-corrected chi connectivity index (χ3v) is 5.57. The molecule has 7 heteroatoms. The van der Waals surface area contributed by atoms with Gasteiger partial charge in [0.1, 0.15) is 5.69 Å². The smallest absolute Gasteiger partial charge is 0.296 e. The number of aryl methyl sites for hydroxylation is 1. The zero-order valence-corrected chi connectivity index (χ0v) is 15.5. The molecule has 134 valence electrons. The molecule has 0 aliphatic carbocycles. The third kappa shape index (κ3) is 3.39. The maximum absolute atomic E-state index is 12.4. The van der Waals surface area contributed by atoms with Gasteiger partial charge in [-0.15, -0.1) is 11.3 Å². The summed E-state index contributed by atoms with van der Waals surface area (Å²) in [5.41, 5.74) is 3.09. The maximum atomic E-state index is 12.4. The lowest BCUT2D eigenvalue weighted by molar-refractivity contribution is -0.129. The Kier molecular flexibility index (Phi) is 4.55. The van der Waals surface area contributed by atoms with Crippen LogP contribution in [0.15, 0.2) is 34.4 Å². The van der Waals surface area contributed by atoms with Crippen molar-refractivity contribution in [2.75, 3.05) is 13.1 Å². The lowest BCUT2D eigenvalue weighted by Crippen LogP contribution is -2.29. The molecular weight excluding hydrogens is 348 g/mol. The first kappa shape index (κ1) is 16.9. The monoisotopic (exact) mass is 368 g/mol. The summed E-state index contributed by atoms with van der Waals surface area (Å²) in [4.78, 5) is 31.3. The summed E-state index contributed by atoms with van der Waals surface area (Å²) in [7, 11) is 0. The molecule has 4 rings (SSSR count). The summed E-state index contributed by atoms with van der Waals surface area (Å²) < 4.78 is 1.66. The van der Waals surface area contributed by atoms with E-state index < -0.39 is 0 Å². The largest absolute Gasteiger partial charge is 0.342 e. The van der Waals surface area contributed by atoms with E-state index in [1.54, 1.807) is 4.52 Å². The van der Waals surface area contributed by atoms with E-state index in [9.17, 15) is 9.59 Å². The van der Waals surface area contributed by atoms with Crippen LogP contribution < -0.4 is 5.56 Å². The summed E-state index contributed by atoms with van der Waals surface area (Å²) in [6, 6.07) is 8.03. The molecule has 1 aliphatic heterocycles. The van der Waals surface area contributed by atoms with Crippen molar-refractivity contribution in [3.63, 3.8) is 0 Å². The second-order valence-electron chi connectivity index (χ2n) is 6.71. The zero-order chi connectivity index (χ0) is 18.1. The van der Waals surface area contributed by atoms with E-state index >= 15 is 0 Å². The summed E-state index contributed by atoms with van der Waals surface area (Å²) in [5.74, 6) is 0.114. The molecule has 1 fully saturated rings. The summed E-state index contributed by atoms with van der Waals surface area (Å²) in [5, 5.41) is 6.39. The van der Waals surface area contributed by atoms with E-state index in [2.05, 4.69) is 10.1 Å². The van der Waals surface area contributed by atoms with E-state index in [-0.39, 0.29) is 11.5 Å². The van der Waals surface area contributed by atoms with E-state index in [0.717, 1.165) is 37.2 Å². The van der Waals surface area contributed by atoms with E-state index in [0.29, 0.717) is 23.5 Å². The highest BCUT2D eigenvalue weighted by Crippen LogP contribution is 2.16. The minimum absolute atomic E-state index is 0.114. The van der Waals surface area contributed by atoms with Crippen LogP contribution in [0.25, 0.3) is 4.96 Å². The average molecular weight is 368 g/mol. The van der Waals surface area contributed by atoms with Crippen LogP contribution in [0.5, 0.6) is 0 Å². The predicted molar refractivity (Wildman–Crippen MR) is 101 cm³/mol. The third-order valence-electron chi connectivity index (χ3n) is 4.70. The van der Waals surface area contributed by atoms with Gasteiger partial charge >= 0.3 is 0 Å². The van der Waals surface area contributed by atoms with Crippen molar-refractivity contribution < 1.29 is 4.79 Å². The van der Waals surface area contributed by atoms with Gasteiger partial charge in [-0.1, -0.05) is 29.8 Å². The average Bonchev–Trinajstić information content (AvgIpc) is 3.28. The Balaban J connectivity index is 1.62. The van der Waals surface area contributed by atoms with E-state index in [1.807, 2.05) is 41.5 Å². The number of carbonyl (C=O) groups excluding carboxylic acids is 1. The van der Waals surface area contributed by atoms with Gasteiger partial charge in [-0.2, -0.15) is 10.1 Å². The van der Waals surface area contributed by atoms with Crippen LogP contribution in [0.4, 0.5) is 0 Å². The number of carbonyl (C=O) groups is 1. The number of hydrogen-bond acceptors (Lipinski definition) is 5. The van der Waals surface area contributed by atoms with Crippen molar-refractivity contribution in [3.05, 3.63) is 62.5 Å². The molecule has 1 aromatic carbocycles. The summed E-state index contributed by atoms with van der Waals surface area (Å²) in [6.07, 6.45) is 2.87. The number of hydrogen-bond donors (Lipinski definition) is 0. The van der Waals surface area contributed by atoms with Crippen molar-refractivity contribution in [2.24, 2.45) is 0 Å². The highest BCUT2D eigenvalue weighted by molar-refractivity contribution is 7.15. The fourth-order valence-electron chi connectivity index (χ4n) is 3.20. The number of fused-ring (bicyclic) bond motifs is 1. The van der Waals surface area contributed by atoms with E-state index in [1.165, 1.54) is 16.9 Å². The molecule has 1 aliphatic rings. The topological polar surface area (TPSA) is 67.6 Å². The van der Waals surface area contributed by atoms with Crippen molar-refractivity contribution in [1.29, 1.82) is 0 Å². The van der Waals surface area contributed by atoms with E-state index in [4.69, 9.17) is 0 Å². The number of nitrogens with zero attached hydrogens (tertiary/aromatic N) is 4.